The molecule has 0 saturated carbocycles. The van der Waals surface area contributed by atoms with Crippen LogP contribution in [0.5, 0.6) is 5.75 Å². The van der Waals surface area contributed by atoms with Gasteiger partial charge in [-0.3, -0.25) is 4.79 Å². The molecular formula is C18H19Cl2NO2S. The third-order valence-corrected chi connectivity index (χ3v) is 4.93. The van der Waals surface area contributed by atoms with E-state index < -0.39 is 0 Å². The summed E-state index contributed by atoms with van der Waals surface area (Å²) in [6, 6.07) is 13.1. The molecule has 2 aromatic carbocycles. The Balaban J connectivity index is 1.63. The number of halogens is 2. The van der Waals surface area contributed by atoms with Gasteiger partial charge < -0.3 is 10.1 Å². The standard InChI is InChI=1S/C18H19Cl2NO2S/c1-13-4-2-5-14(10-13)23-11-18(22)21-8-9-24-12-15-16(19)6-3-7-17(15)20/h2-7,10H,8-9,11-12H2,1H3,(H,21,22). The van der Waals surface area contributed by atoms with E-state index in [-0.39, 0.29) is 12.5 Å². The largest absolute Gasteiger partial charge is 0.484 e. The van der Waals surface area contributed by atoms with Crippen LogP contribution in [0, 0.1) is 6.92 Å². The highest BCUT2D eigenvalue weighted by molar-refractivity contribution is 7.98. The first kappa shape index (κ1) is 19.0. The Bertz CT molecular complexity index is 674. The minimum absolute atomic E-state index is 0.0183. The van der Waals surface area contributed by atoms with Crippen LogP contribution in [0.15, 0.2) is 42.5 Å². The molecule has 128 valence electrons. The summed E-state index contributed by atoms with van der Waals surface area (Å²) >= 11 is 13.9. The highest BCUT2D eigenvalue weighted by Gasteiger charge is 2.06. The smallest absolute Gasteiger partial charge is 0.257 e. The third-order valence-electron chi connectivity index (χ3n) is 3.24. The van der Waals surface area contributed by atoms with Crippen LogP contribution in [0.4, 0.5) is 0 Å². The Hall–Kier alpha value is -1.36. The number of amides is 1. The molecule has 0 fully saturated rings. The van der Waals surface area contributed by atoms with Gasteiger partial charge >= 0.3 is 0 Å². The molecule has 0 aliphatic rings. The first-order valence-corrected chi connectivity index (χ1v) is 9.44. The zero-order valence-electron chi connectivity index (χ0n) is 13.4. The van der Waals surface area contributed by atoms with Gasteiger partial charge in [-0.05, 0) is 42.3 Å². The van der Waals surface area contributed by atoms with E-state index in [0.717, 1.165) is 16.9 Å². The SMILES string of the molecule is Cc1cccc(OCC(=O)NCCSCc2c(Cl)cccc2Cl)c1. The van der Waals surface area contributed by atoms with E-state index in [1.165, 1.54) is 0 Å². The lowest BCUT2D eigenvalue weighted by Crippen LogP contribution is -2.30. The van der Waals surface area contributed by atoms with E-state index in [2.05, 4.69) is 5.32 Å². The normalized spacial score (nSPS) is 10.5. The lowest BCUT2D eigenvalue weighted by molar-refractivity contribution is -0.122. The summed E-state index contributed by atoms with van der Waals surface area (Å²) in [4.78, 5) is 11.8. The number of thioether (sulfide) groups is 1. The molecule has 6 heteroatoms. The van der Waals surface area contributed by atoms with Gasteiger partial charge in [0.2, 0.25) is 0 Å². The molecule has 1 N–H and O–H groups in total. The summed E-state index contributed by atoms with van der Waals surface area (Å²) in [6.45, 7) is 2.57. The summed E-state index contributed by atoms with van der Waals surface area (Å²) in [5.41, 5.74) is 2.03. The number of carbonyl (C=O) groups is 1. The van der Waals surface area contributed by atoms with Gasteiger partial charge in [0.25, 0.3) is 5.91 Å². The van der Waals surface area contributed by atoms with Gasteiger partial charge in [-0.25, -0.2) is 0 Å². The Kier molecular flexibility index (Phi) is 7.76. The van der Waals surface area contributed by atoms with Crippen LogP contribution in [-0.4, -0.2) is 24.8 Å². The van der Waals surface area contributed by atoms with Crippen LogP contribution in [0.25, 0.3) is 0 Å². The first-order chi connectivity index (χ1) is 11.6. The van der Waals surface area contributed by atoms with E-state index in [1.54, 1.807) is 11.8 Å². The molecule has 2 aromatic rings. The van der Waals surface area contributed by atoms with E-state index in [4.69, 9.17) is 27.9 Å². The maximum Gasteiger partial charge on any atom is 0.257 e. The van der Waals surface area contributed by atoms with Crippen LogP contribution in [0.1, 0.15) is 11.1 Å². The van der Waals surface area contributed by atoms with E-state index in [9.17, 15) is 4.79 Å². The van der Waals surface area contributed by atoms with Crippen LogP contribution < -0.4 is 10.1 Å². The van der Waals surface area contributed by atoms with Crippen molar-refractivity contribution in [3.05, 3.63) is 63.6 Å². The minimum atomic E-state index is -0.132. The zero-order chi connectivity index (χ0) is 17.4. The number of hydrogen-bond acceptors (Lipinski definition) is 3. The predicted molar refractivity (Wildman–Crippen MR) is 102 cm³/mol. The van der Waals surface area contributed by atoms with E-state index in [1.807, 2.05) is 49.4 Å². The molecule has 2 rings (SSSR count). The van der Waals surface area contributed by atoms with Crippen molar-refractivity contribution in [2.24, 2.45) is 0 Å². The quantitative estimate of drug-likeness (QED) is 0.669. The summed E-state index contributed by atoms with van der Waals surface area (Å²) in [5.74, 6) is 2.06. The summed E-state index contributed by atoms with van der Waals surface area (Å²) in [7, 11) is 0. The van der Waals surface area contributed by atoms with Gasteiger partial charge in [-0.2, -0.15) is 11.8 Å². The third kappa shape index (κ3) is 6.27. The van der Waals surface area contributed by atoms with Crippen LogP contribution >= 0.6 is 35.0 Å². The number of rotatable bonds is 8. The lowest BCUT2D eigenvalue weighted by atomic mass is 10.2. The Morgan fingerprint density at radius 1 is 1.17 bits per heavy atom. The van der Waals surface area contributed by atoms with E-state index in [0.29, 0.717) is 28.1 Å². The highest BCUT2D eigenvalue weighted by Crippen LogP contribution is 2.27. The van der Waals surface area contributed by atoms with Crippen molar-refractivity contribution in [3.8, 4) is 5.75 Å². The molecule has 1 amide bonds. The molecule has 0 aliphatic carbocycles. The van der Waals surface area contributed by atoms with Crippen molar-refractivity contribution in [1.82, 2.24) is 5.32 Å². The summed E-state index contributed by atoms with van der Waals surface area (Å²) in [5, 5.41) is 4.18. The fourth-order valence-corrected chi connectivity index (χ4v) is 3.61. The van der Waals surface area contributed by atoms with Gasteiger partial charge in [-0.1, -0.05) is 41.4 Å². The van der Waals surface area contributed by atoms with Gasteiger partial charge in [0.05, 0.1) is 0 Å². The molecule has 3 nitrogen and oxygen atoms in total. The summed E-state index contributed by atoms with van der Waals surface area (Å²) in [6.07, 6.45) is 0. The zero-order valence-corrected chi connectivity index (χ0v) is 15.7. The number of aryl methyl sites for hydroxylation is 1. The molecule has 0 radical (unpaired) electrons. The fourth-order valence-electron chi connectivity index (χ4n) is 2.01. The Morgan fingerprint density at radius 3 is 2.58 bits per heavy atom. The van der Waals surface area contributed by atoms with Crippen molar-refractivity contribution in [2.45, 2.75) is 12.7 Å². The van der Waals surface area contributed by atoms with Crippen molar-refractivity contribution in [3.63, 3.8) is 0 Å². The van der Waals surface area contributed by atoms with Crippen molar-refractivity contribution in [2.75, 3.05) is 18.9 Å². The van der Waals surface area contributed by atoms with Crippen molar-refractivity contribution >= 4 is 40.9 Å². The average Bonchev–Trinajstić information content (AvgIpc) is 2.55. The molecule has 0 bridgehead atoms. The molecule has 0 aromatic heterocycles. The van der Waals surface area contributed by atoms with Crippen LogP contribution in [-0.2, 0) is 10.5 Å². The number of nitrogens with one attached hydrogen (secondary N) is 1. The minimum Gasteiger partial charge on any atom is -0.484 e. The highest BCUT2D eigenvalue weighted by atomic mass is 35.5. The average molecular weight is 384 g/mol. The Morgan fingerprint density at radius 2 is 1.88 bits per heavy atom. The first-order valence-electron chi connectivity index (χ1n) is 7.53. The maximum absolute atomic E-state index is 11.8. The van der Waals surface area contributed by atoms with E-state index >= 15 is 0 Å². The second-order valence-electron chi connectivity index (χ2n) is 5.21. The molecule has 0 atom stereocenters. The molecule has 0 unspecified atom stereocenters. The second kappa shape index (κ2) is 9.82. The summed E-state index contributed by atoms with van der Waals surface area (Å²) < 4.78 is 5.45. The van der Waals surface area contributed by atoms with Crippen LogP contribution in [0.2, 0.25) is 10.0 Å². The van der Waals surface area contributed by atoms with Gasteiger partial charge in [0.15, 0.2) is 6.61 Å². The van der Waals surface area contributed by atoms with Crippen molar-refractivity contribution in [1.29, 1.82) is 0 Å². The van der Waals surface area contributed by atoms with Gasteiger partial charge in [-0.15, -0.1) is 0 Å². The Labute approximate surface area is 156 Å². The molecule has 0 aliphatic heterocycles. The van der Waals surface area contributed by atoms with Gasteiger partial charge in [0.1, 0.15) is 5.75 Å². The second-order valence-corrected chi connectivity index (χ2v) is 7.13. The molecule has 0 spiro atoms. The van der Waals surface area contributed by atoms with Crippen LogP contribution in [0.3, 0.4) is 0 Å². The molecular weight excluding hydrogens is 365 g/mol. The van der Waals surface area contributed by atoms with Gasteiger partial charge in [0, 0.05) is 28.1 Å². The topological polar surface area (TPSA) is 38.3 Å². The number of ether oxygens (including phenoxy) is 1. The fraction of sp³-hybridized carbons (Fsp3) is 0.278. The molecule has 24 heavy (non-hydrogen) atoms. The molecule has 0 heterocycles. The number of hydrogen-bond donors (Lipinski definition) is 1. The lowest BCUT2D eigenvalue weighted by Gasteiger charge is -2.09. The molecule has 0 saturated heterocycles. The number of carbonyl (C=O) groups excluding carboxylic acids is 1. The van der Waals surface area contributed by atoms with Crippen molar-refractivity contribution < 1.29 is 9.53 Å². The predicted octanol–water partition coefficient (Wildman–Crippen LogP) is 4.73. The maximum atomic E-state index is 11.8. The number of benzene rings is 2. The monoisotopic (exact) mass is 383 g/mol.